The minimum absolute atomic E-state index is 0. The molecule has 2 fully saturated rings. The number of nitrogen functional groups attached to an aromatic ring is 1. The van der Waals surface area contributed by atoms with Crippen molar-refractivity contribution in [2.45, 2.75) is 37.8 Å². The van der Waals surface area contributed by atoms with Crippen LogP contribution in [0.4, 0.5) is 5.82 Å². The van der Waals surface area contributed by atoms with Crippen molar-refractivity contribution in [3.63, 3.8) is 0 Å². The van der Waals surface area contributed by atoms with Gasteiger partial charge in [-0.15, -0.1) is 23.6 Å². The number of anilines is 1. The summed E-state index contributed by atoms with van der Waals surface area (Å²) < 4.78 is 2.19. The number of hydrogen-bond donors (Lipinski definition) is 2. The van der Waals surface area contributed by atoms with Gasteiger partial charge in [0.25, 0.3) is 0 Å². The molecule has 3 aromatic heterocycles. The van der Waals surface area contributed by atoms with Gasteiger partial charge in [-0.3, -0.25) is 0 Å². The van der Waals surface area contributed by atoms with Crippen LogP contribution in [0.15, 0.2) is 61.1 Å². The molecule has 38 heavy (non-hydrogen) atoms. The number of nitrogens with two attached hydrogens (primary N) is 1. The van der Waals surface area contributed by atoms with Crippen molar-refractivity contribution in [3.8, 4) is 22.4 Å². The fourth-order valence-electron chi connectivity index (χ4n) is 6.00. The van der Waals surface area contributed by atoms with Crippen LogP contribution in [0, 0.1) is 13.0 Å². The molecule has 7 nitrogen and oxygen atoms in total. The molecule has 2 aromatic carbocycles. The Labute approximate surface area is 247 Å². The third-order valence-corrected chi connectivity index (χ3v) is 8.12. The molecule has 8 heteroatoms. The Morgan fingerprint density at radius 3 is 2.61 bits per heavy atom. The minimum Gasteiger partial charge on any atom is -0.388 e. The second-order valence-corrected chi connectivity index (χ2v) is 10.6. The van der Waals surface area contributed by atoms with Crippen molar-refractivity contribution in [3.05, 3.63) is 72.7 Å². The molecule has 1 aliphatic heterocycles. The van der Waals surface area contributed by atoms with E-state index in [2.05, 4.69) is 62.9 Å². The molecule has 4 heterocycles. The Bertz CT molecular complexity index is 1640. The van der Waals surface area contributed by atoms with Crippen LogP contribution in [0.1, 0.15) is 30.9 Å². The van der Waals surface area contributed by atoms with Crippen molar-refractivity contribution < 1.29 is 37.8 Å². The van der Waals surface area contributed by atoms with E-state index in [0.29, 0.717) is 18.7 Å². The van der Waals surface area contributed by atoms with Crippen LogP contribution in [0.5, 0.6) is 0 Å². The Kier molecular flexibility index (Phi) is 6.59. The first kappa shape index (κ1) is 25.6. The van der Waals surface area contributed by atoms with Gasteiger partial charge < -0.3 is 25.3 Å². The number of aryl methyl sites for hydroxylation is 1. The molecule has 0 bridgehead atoms. The molecule has 1 radical (unpaired) electrons. The van der Waals surface area contributed by atoms with Gasteiger partial charge in [-0.1, -0.05) is 42.0 Å². The predicted molar refractivity (Wildman–Crippen MR) is 146 cm³/mol. The van der Waals surface area contributed by atoms with Gasteiger partial charge in [-0.05, 0) is 61.6 Å². The zero-order valence-electron chi connectivity index (χ0n) is 21.4. The summed E-state index contributed by atoms with van der Waals surface area (Å²) in [5.41, 5.74) is 12.6. The first-order valence-corrected chi connectivity index (χ1v) is 12.9. The summed E-state index contributed by atoms with van der Waals surface area (Å²) in [6.07, 6.45) is 6.32. The van der Waals surface area contributed by atoms with Gasteiger partial charge in [0.05, 0.1) is 11.0 Å². The van der Waals surface area contributed by atoms with E-state index in [4.69, 9.17) is 10.7 Å². The fourth-order valence-corrected chi connectivity index (χ4v) is 6.00. The van der Waals surface area contributed by atoms with Gasteiger partial charge in [0.1, 0.15) is 17.8 Å². The molecular formula is C30H29N6OY-. The minimum atomic E-state index is -0.632. The Balaban J connectivity index is 0.00000264. The van der Waals surface area contributed by atoms with E-state index in [9.17, 15) is 5.11 Å². The SMILES string of the molecule is Cc1c(-c2cn(C3CC(O)(CN4CCC4)C3)c3ncnc(N)c23)ccc2[c-]cc(-c3ccccc3)nc12.[Y]. The molecule has 0 spiro atoms. The third-order valence-electron chi connectivity index (χ3n) is 8.12. The summed E-state index contributed by atoms with van der Waals surface area (Å²) in [6, 6.07) is 19.9. The van der Waals surface area contributed by atoms with Crippen molar-refractivity contribution >= 4 is 27.8 Å². The summed E-state index contributed by atoms with van der Waals surface area (Å²) in [5.74, 6) is 0.464. The standard InChI is InChI=1S/C30H29N6O.Y/c1-19-23(10-8-21-9-11-25(34-27(19)21)20-6-3-2-4-7-20)24-16-36(29-26(24)28(31)32-18-33-29)22-14-30(37,15-22)17-35-12-5-13-35;/h2-4,6-8,10-11,16,18,22,37H,5,12-15,17H2,1H3,(H2,31,32,33);/q-1;. The van der Waals surface area contributed by atoms with E-state index in [1.54, 1.807) is 0 Å². The first-order chi connectivity index (χ1) is 18.0. The molecule has 7 rings (SSSR count). The topological polar surface area (TPSA) is 93.1 Å². The summed E-state index contributed by atoms with van der Waals surface area (Å²) in [5, 5.41) is 12.9. The maximum Gasteiger partial charge on any atom is 0.146 e. The van der Waals surface area contributed by atoms with Crippen LogP contribution in [0.3, 0.4) is 0 Å². The van der Waals surface area contributed by atoms with Crippen LogP contribution in [-0.4, -0.2) is 54.8 Å². The monoisotopic (exact) mass is 578 g/mol. The normalized spacial score (nSPS) is 21.2. The average molecular weight is 579 g/mol. The number of β-amino-alcohol motifs (C(OH)–C–C–N with tert-alkyl or cyclic N) is 1. The van der Waals surface area contributed by atoms with Gasteiger partial charge in [0.2, 0.25) is 0 Å². The molecule has 2 aliphatic rings. The number of pyridine rings is 1. The van der Waals surface area contributed by atoms with Crippen LogP contribution >= 0.6 is 0 Å². The molecule has 0 atom stereocenters. The molecule has 3 N–H and O–H groups in total. The first-order valence-electron chi connectivity index (χ1n) is 12.9. The second-order valence-electron chi connectivity index (χ2n) is 10.6. The quantitative estimate of drug-likeness (QED) is 0.292. The molecule has 1 saturated carbocycles. The number of nitrogens with zero attached hydrogens (tertiary/aromatic N) is 5. The molecule has 1 saturated heterocycles. The van der Waals surface area contributed by atoms with Gasteiger partial charge in [-0.25, -0.2) is 9.97 Å². The maximum absolute atomic E-state index is 11.1. The van der Waals surface area contributed by atoms with Crippen LogP contribution < -0.4 is 5.73 Å². The van der Waals surface area contributed by atoms with E-state index >= 15 is 0 Å². The maximum atomic E-state index is 11.1. The van der Waals surface area contributed by atoms with Gasteiger partial charge in [-0.2, -0.15) is 0 Å². The summed E-state index contributed by atoms with van der Waals surface area (Å²) in [7, 11) is 0. The van der Waals surface area contributed by atoms with Gasteiger partial charge in [0, 0.05) is 57.1 Å². The summed E-state index contributed by atoms with van der Waals surface area (Å²) in [6.45, 7) is 5.03. The Hall–Kier alpha value is -2.71. The van der Waals surface area contributed by atoms with Gasteiger partial charge >= 0.3 is 0 Å². The molecule has 0 unspecified atom stereocenters. The molecule has 189 valence electrons. The van der Waals surface area contributed by atoms with Crippen molar-refractivity contribution in [1.82, 2.24) is 24.4 Å². The van der Waals surface area contributed by atoms with E-state index in [1.165, 1.54) is 12.7 Å². The third kappa shape index (κ3) is 4.26. The zero-order chi connectivity index (χ0) is 25.1. The largest absolute Gasteiger partial charge is 0.388 e. The number of fused-ring (bicyclic) bond motifs is 2. The fraction of sp³-hybridized carbons (Fsp3) is 0.300. The number of hydrogen-bond acceptors (Lipinski definition) is 6. The summed E-state index contributed by atoms with van der Waals surface area (Å²) in [4.78, 5) is 16.3. The predicted octanol–water partition coefficient (Wildman–Crippen LogP) is 4.77. The molecule has 0 amide bonds. The Morgan fingerprint density at radius 1 is 1.08 bits per heavy atom. The van der Waals surface area contributed by atoms with E-state index in [0.717, 1.165) is 69.5 Å². The molecular weight excluding hydrogens is 549 g/mol. The van der Waals surface area contributed by atoms with E-state index in [-0.39, 0.29) is 38.8 Å². The number of aromatic nitrogens is 4. The number of rotatable bonds is 5. The van der Waals surface area contributed by atoms with Crippen LogP contribution in [0.2, 0.25) is 0 Å². The average Bonchev–Trinajstić information content (AvgIpc) is 3.26. The van der Waals surface area contributed by atoms with Crippen LogP contribution in [-0.2, 0) is 32.7 Å². The van der Waals surface area contributed by atoms with E-state index < -0.39 is 5.60 Å². The van der Waals surface area contributed by atoms with Crippen molar-refractivity contribution in [1.29, 1.82) is 0 Å². The Morgan fingerprint density at radius 2 is 1.87 bits per heavy atom. The smallest absolute Gasteiger partial charge is 0.146 e. The second kappa shape index (κ2) is 9.80. The van der Waals surface area contributed by atoms with Crippen LogP contribution in [0.25, 0.3) is 44.3 Å². The van der Waals surface area contributed by atoms with E-state index in [1.807, 2.05) is 24.3 Å². The molecule has 1 aliphatic carbocycles. The van der Waals surface area contributed by atoms with Gasteiger partial charge in [0.15, 0.2) is 0 Å². The van der Waals surface area contributed by atoms with Crippen molar-refractivity contribution in [2.75, 3.05) is 25.4 Å². The number of aliphatic hydroxyl groups is 1. The molecule has 5 aromatic rings. The number of likely N-dealkylation sites (tertiary alicyclic amines) is 1. The zero-order valence-corrected chi connectivity index (χ0v) is 24.3. The summed E-state index contributed by atoms with van der Waals surface area (Å²) >= 11 is 0. The van der Waals surface area contributed by atoms with Crippen molar-refractivity contribution in [2.24, 2.45) is 0 Å². The number of benzene rings is 2.